The summed E-state index contributed by atoms with van der Waals surface area (Å²) in [6.45, 7) is 8.22. The maximum absolute atomic E-state index is 12.7. The number of benzene rings is 1. The van der Waals surface area contributed by atoms with Crippen molar-refractivity contribution in [2.24, 2.45) is 0 Å². The van der Waals surface area contributed by atoms with Gasteiger partial charge in [0.2, 0.25) is 15.9 Å². The number of nitrogens with one attached hydrogen (secondary N) is 3. The highest BCUT2D eigenvalue weighted by atomic mass is 32.2. The standard InChI is InChI=1S/C22H32N4O5S2/c1-7-18-14(4)20(22(28)31-9-3)21(32-18)25-19(27)13-24-17-12-15(33(29,30)26(5)6)10-11-16(17)23-8-2/h10-12,23-24H,7-9,13H2,1-6H3,(H,25,27). The van der Waals surface area contributed by atoms with Crippen LogP contribution in [0.4, 0.5) is 16.4 Å². The van der Waals surface area contributed by atoms with Gasteiger partial charge in [0.25, 0.3) is 0 Å². The number of thiophene rings is 1. The number of nitrogens with zero attached hydrogens (tertiary/aromatic N) is 1. The number of carbonyl (C=O) groups is 2. The van der Waals surface area contributed by atoms with Crippen LogP contribution in [-0.4, -0.2) is 58.4 Å². The molecule has 0 bridgehead atoms. The average molecular weight is 497 g/mol. The Labute approximate surface area is 199 Å². The van der Waals surface area contributed by atoms with Gasteiger partial charge in [-0.2, -0.15) is 0 Å². The minimum absolute atomic E-state index is 0.114. The third kappa shape index (κ3) is 6.24. The molecule has 182 valence electrons. The molecule has 1 heterocycles. The van der Waals surface area contributed by atoms with Crippen molar-refractivity contribution in [1.29, 1.82) is 0 Å². The van der Waals surface area contributed by atoms with Gasteiger partial charge in [0.1, 0.15) is 5.00 Å². The first-order chi connectivity index (χ1) is 15.6. The Bertz CT molecular complexity index is 1110. The summed E-state index contributed by atoms with van der Waals surface area (Å²) in [6, 6.07) is 4.68. The fraction of sp³-hybridized carbons (Fsp3) is 0.455. The van der Waals surface area contributed by atoms with E-state index in [4.69, 9.17) is 4.74 Å². The number of ether oxygens (including phenoxy) is 1. The number of aryl methyl sites for hydroxylation is 1. The highest BCUT2D eigenvalue weighted by molar-refractivity contribution is 7.89. The highest BCUT2D eigenvalue weighted by Gasteiger charge is 2.23. The zero-order valence-corrected chi connectivity index (χ0v) is 21.5. The lowest BCUT2D eigenvalue weighted by atomic mass is 10.1. The predicted octanol–water partition coefficient (Wildman–Crippen LogP) is 3.53. The number of esters is 1. The summed E-state index contributed by atoms with van der Waals surface area (Å²) in [4.78, 5) is 26.3. The van der Waals surface area contributed by atoms with Crippen LogP contribution in [0.25, 0.3) is 0 Å². The third-order valence-corrected chi connectivity index (χ3v) is 8.04. The van der Waals surface area contributed by atoms with Crippen molar-refractivity contribution in [2.75, 3.05) is 49.7 Å². The van der Waals surface area contributed by atoms with Crippen LogP contribution < -0.4 is 16.0 Å². The number of hydrogen-bond donors (Lipinski definition) is 3. The molecule has 0 spiro atoms. The summed E-state index contributed by atoms with van der Waals surface area (Å²) in [5, 5.41) is 9.41. The van der Waals surface area contributed by atoms with E-state index in [0.29, 0.717) is 28.5 Å². The van der Waals surface area contributed by atoms with Gasteiger partial charge in [-0.15, -0.1) is 11.3 Å². The van der Waals surface area contributed by atoms with E-state index in [0.717, 1.165) is 21.2 Å². The summed E-state index contributed by atoms with van der Waals surface area (Å²) < 4.78 is 31.3. The van der Waals surface area contributed by atoms with Gasteiger partial charge in [-0.1, -0.05) is 6.92 Å². The van der Waals surface area contributed by atoms with E-state index in [-0.39, 0.29) is 24.0 Å². The van der Waals surface area contributed by atoms with E-state index < -0.39 is 16.0 Å². The van der Waals surface area contributed by atoms with Crippen LogP contribution in [-0.2, 0) is 26.0 Å². The highest BCUT2D eigenvalue weighted by Crippen LogP contribution is 2.34. The van der Waals surface area contributed by atoms with Crippen molar-refractivity contribution >= 4 is 49.6 Å². The largest absolute Gasteiger partial charge is 0.462 e. The monoisotopic (exact) mass is 496 g/mol. The van der Waals surface area contributed by atoms with Gasteiger partial charge in [-0.3, -0.25) is 4.79 Å². The number of rotatable bonds is 11. The van der Waals surface area contributed by atoms with Crippen molar-refractivity contribution in [2.45, 2.75) is 39.0 Å². The topological polar surface area (TPSA) is 117 Å². The van der Waals surface area contributed by atoms with E-state index in [1.54, 1.807) is 13.0 Å². The van der Waals surface area contributed by atoms with Crippen molar-refractivity contribution in [3.63, 3.8) is 0 Å². The van der Waals surface area contributed by atoms with Crippen molar-refractivity contribution in [3.8, 4) is 0 Å². The van der Waals surface area contributed by atoms with E-state index in [9.17, 15) is 18.0 Å². The second-order valence-electron chi connectivity index (χ2n) is 7.36. The van der Waals surface area contributed by atoms with Gasteiger partial charge in [-0.05, 0) is 51.0 Å². The normalized spacial score (nSPS) is 11.4. The Kier molecular flexibility index (Phi) is 9.26. The van der Waals surface area contributed by atoms with E-state index in [1.807, 2.05) is 20.8 Å². The number of carbonyl (C=O) groups excluding carboxylic acids is 2. The van der Waals surface area contributed by atoms with Crippen molar-refractivity contribution < 1.29 is 22.7 Å². The predicted molar refractivity (Wildman–Crippen MR) is 133 cm³/mol. The van der Waals surface area contributed by atoms with Crippen LogP contribution in [0.1, 0.15) is 41.6 Å². The molecular formula is C22H32N4O5S2. The van der Waals surface area contributed by atoms with Crippen LogP contribution in [0.15, 0.2) is 23.1 Å². The first-order valence-electron chi connectivity index (χ1n) is 10.7. The molecule has 2 aromatic rings. The fourth-order valence-electron chi connectivity index (χ4n) is 3.17. The first kappa shape index (κ1) is 26.6. The smallest absolute Gasteiger partial charge is 0.341 e. The molecule has 0 aliphatic heterocycles. The molecule has 9 nitrogen and oxygen atoms in total. The molecular weight excluding hydrogens is 464 g/mol. The molecule has 1 amide bonds. The second-order valence-corrected chi connectivity index (χ2v) is 10.6. The Morgan fingerprint density at radius 3 is 2.36 bits per heavy atom. The van der Waals surface area contributed by atoms with Crippen molar-refractivity contribution in [3.05, 3.63) is 34.2 Å². The Morgan fingerprint density at radius 1 is 1.09 bits per heavy atom. The van der Waals surface area contributed by atoms with Gasteiger partial charge in [0.05, 0.1) is 35.0 Å². The SMILES string of the molecule is CCNc1ccc(S(=O)(=O)N(C)C)cc1NCC(=O)Nc1sc(CC)c(C)c1C(=O)OCC. The van der Waals surface area contributed by atoms with E-state index >= 15 is 0 Å². The van der Waals surface area contributed by atoms with Crippen LogP contribution in [0.3, 0.4) is 0 Å². The minimum atomic E-state index is -3.63. The lowest BCUT2D eigenvalue weighted by Crippen LogP contribution is -2.24. The van der Waals surface area contributed by atoms with Crippen LogP contribution in [0.5, 0.6) is 0 Å². The molecule has 2 rings (SSSR count). The van der Waals surface area contributed by atoms with Gasteiger partial charge in [0.15, 0.2) is 0 Å². The molecule has 3 N–H and O–H groups in total. The second kappa shape index (κ2) is 11.5. The lowest BCUT2D eigenvalue weighted by molar-refractivity contribution is -0.114. The van der Waals surface area contributed by atoms with E-state index in [2.05, 4.69) is 16.0 Å². The summed E-state index contributed by atoms with van der Waals surface area (Å²) in [7, 11) is -0.706. The number of amides is 1. The molecule has 0 atom stereocenters. The molecule has 1 aromatic heterocycles. The number of sulfonamides is 1. The maximum Gasteiger partial charge on any atom is 0.341 e. The maximum atomic E-state index is 12.7. The Balaban J connectivity index is 2.25. The summed E-state index contributed by atoms with van der Waals surface area (Å²) >= 11 is 1.35. The zero-order chi connectivity index (χ0) is 24.8. The Hall–Kier alpha value is -2.63. The van der Waals surface area contributed by atoms with Gasteiger partial charge < -0.3 is 20.7 Å². The summed E-state index contributed by atoms with van der Waals surface area (Å²) in [5.41, 5.74) is 2.34. The van der Waals surface area contributed by atoms with Gasteiger partial charge in [-0.25, -0.2) is 17.5 Å². The third-order valence-electron chi connectivity index (χ3n) is 4.88. The fourth-order valence-corrected chi connectivity index (χ4v) is 5.24. The first-order valence-corrected chi connectivity index (χ1v) is 13.0. The molecule has 33 heavy (non-hydrogen) atoms. The molecule has 0 saturated carbocycles. The quantitative estimate of drug-likeness (QED) is 0.408. The van der Waals surface area contributed by atoms with Gasteiger partial charge >= 0.3 is 5.97 Å². The lowest BCUT2D eigenvalue weighted by Gasteiger charge is -2.17. The zero-order valence-electron chi connectivity index (χ0n) is 19.9. The molecule has 0 unspecified atom stereocenters. The summed E-state index contributed by atoms with van der Waals surface area (Å²) in [6.07, 6.45) is 0.732. The van der Waals surface area contributed by atoms with Crippen LogP contribution in [0.2, 0.25) is 0 Å². The van der Waals surface area contributed by atoms with E-state index in [1.165, 1.54) is 37.6 Å². The molecule has 0 aliphatic carbocycles. The Morgan fingerprint density at radius 2 is 1.79 bits per heavy atom. The van der Waals surface area contributed by atoms with Crippen molar-refractivity contribution in [1.82, 2.24) is 4.31 Å². The number of anilines is 3. The van der Waals surface area contributed by atoms with Crippen LogP contribution >= 0.6 is 11.3 Å². The van der Waals surface area contributed by atoms with Gasteiger partial charge in [0, 0.05) is 25.5 Å². The molecule has 0 saturated heterocycles. The molecule has 0 fully saturated rings. The average Bonchev–Trinajstić information content (AvgIpc) is 3.07. The minimum Gasteiger partial charge on any atom is -0.462 e. The van der Waals surface area contributed by atoms with Crippen LogP contribution in [0, 0.1) is 6.92 Å². The molecule has 0 radical (unpaired) electrons. The summed E-state index contributed by atoms with van der Waals surface area (Å²) in [5.74, 6) is -0.835. The molecule has 11 heteroatoms. The molecule has 1 aromatic carbocycles. The number of hydrogen-bond acceptors (Lipinski definition) is 8. The molecule has 0 aliphatic rings.